The van der Waals surface area contributed by atoms with E-state index in [1.54, 1.807) is 4.31 Å². The summed E-state index contributed by atoms with van der Waals surface area (Å²) in [6, 6.07) is 5.69. The molecule has 2 aliphatic rings. The Labute approximate surface area is 119 Å². The summed E-state index contributed by atoms with van der Waals surface area (Å²) in [5.41, 5.74) is 8.79. The minimum Gasteiger partial charge on any atom is -0.398 e. The van der Waals surface area contributed by atoms with Crippen LogP contribution in [0.15, 0.2) is 18.2 Å². The van der Waals surface area contributed by atoms with Crippen LogP contribution in [0.5, 0.6) is 0 Å². The molecule has 0 unspecified atom stereocenters. The van der Waals surface area contributed by atoms with Crippen molar-refractivity contribution < 1.29 is 13.2 Å². The standard InChI is InChI=1S/C13H19N3O3S/c14-13-3-1-2-11-10-16(5-4-12(11)13)20(17,18)15-6-8-19-9-7-15/h1-3H,4-10,14H2. The summed E-state index contributed by atoms with van der Waals surface area (Å²) in [6.45, 7) is 2.69. The molecule has 0 bridgehead atoms. The highest BCUT2D eigenvalue weighted by molar-refractivity contribution is 7.86. The van der Waals surface area contributed by atoms with E-state index in [2.05, 4.69) is 0 Å². The van der Waals surface area contributed by atoms with Gasteiger partial charge in [0.25, 0.3) is 10.2 Å². The summed E-state index contributed by atoms with van der Waals surface area (Å²) < 4.78 is 33.5. The summed E-state index contributed by atoms with van der Waals surface area (Å²) in [5, 5.41) is 0. The van der Waals surface area contributed by atoms with Crippen LogP contribution in [-0.2, 0) is 27.9 Å². The number of benzene rings is 1. The van der Waals surface area contributed by atoms with Crippen LogP contribution >= 0.6 is 0 Å². The van der Waals surface area contributed by atoms with Crippen molar-refractivity contribution in [2.24, 2.45) is 0 Å². The summed E-state index contributed by atoms with van der Waals surface area (Å²) in [7, 11) is -3.39. The molecule has 2 aliphatic heterocycles. The van der Waals surface area contributed by atoms with Gasteiger partial charge in [-0.2, -0.15) is 17.0 Å². The predicted octanol–water partition coefficient (Wildman–Crippen LogP) is 0.204. The van der Waals surface area contributed by atoms with Crippen LogP contribution in [0, 0.1) is 0 Å². The maximum Gasteiger partial charge on any atom is 0.282 e. The number of anilines is 1. The molecule has 2 heterocycles. The Kier molecular flexibility index (Phi) is 3.68. The average Bonchev–Trinajstić information content (AvgIpc) is 2.48. The number of rotatable bonds is 2. The molecule has 3 rings (SSSR count). The van der Waals surface area contributed by atoms with Crippen LogP contribution in [0.1, 0.15) is 11.1 Å². The SMILES string of the molecule is Nc1cccc2c1CCN(S(=O)(=O)N1CCOCC1)C2. The normalized spacial score (nSPS) is 21.6. The van der Waals surface area contributed by atoms with Crippen LogP contribution < -0.4 is 5.73 Å². The number of fused-ring (bicyclic) bond motifs is 1. The van der Waals surface area contributed by atoms with Crippen molar-refractivity contribution in [1.82, 2.24) is 8.61 Å². The van der Waals surface area contributed by atoms with Gasteiger partial charge < -0.3 is 10.5 Å². The molecule has 0 atom stereocenters. The molecule has 7 heteroatoms. The van der Waals surface area contributed by atoms with Crippen molar-refractivity contribution >= 4 is 15.9 Å². The molecule has 0 aromatic heterocycles. The number of nitrogens with zero attached hydrogens (tertiary/aromatic N) is 2. The Morgan fingerprint density at radius 1 is 1.10 bits per heavy atom. The third-order valence-corrected chi connectivity index (χ3v) is 5.87. The Morgan fingerprint density at radius 3 is 2.60 bits per heavy atom. The summed E-state index contributed by atoms with van der Waals surface area (Å²) >= 11 is 0. The molecule has 110 valence electrons. The van der Waals surface area contributed by atoms with E-state index in [0.717, 1.165) is 16.8 Å². The first-order valence-corrected chi connectivity index (χ1v) is 8.18. The molecule has 0 amide bonds. The summed E-state index contributed by atoms with van der Waals surface area (Å²) in [5.74, 6) is 0. The zero-order chi connectivity index (χ0) is 14.2. The molecule has 0 radical (unpaired) electrons. The Balaban J connectivity index is 1.82. The molecule has 1 aromatic rings. The number of ether oxygens (including phenoxy) is 1. The quantitative estimate of drug-likeness (QED) is 0.792. The van der Waals surface area contributed by atoms with Gasteiger partial charge in [-0.1, -0.05) is 12.1 Å². The van der Waals surface area contributed by atoms with E-state index in [1.807, 2.05) is 18.2 Å². The van der Waals surface area contributed by atoms with Crippen LogP contribution in [-0.4, -0.2) is 49.9 Å². The van der Waals surface area contributed by atoms with Crippen molar-refractivity contribution in [1.29, 1.82) is 0 Å². The van der Waals surface area contributed by atoms with E-state index >= 15 is 0 Å². The highest BCUT2D eigenvalue weighted by atomic mass is 32.2. The van der Waals surface area contributed by atoms with Gasteiger partial charge in [0.05, 0.1) is 13.2 Å². The minimum atomic E-state index is -3.39. The minimum absolute atomic E-state index is 0.403. The van der Waals surface area contributed by atoms with Crippen LogP contribution in [0.3, 0.4) is 0 Å². The number of hydrogen-bond acceptors (Lipinski definition) is 4. The van der Waals surface area contributed by atoms with Crippen molar-refractivity contribution in [2.75, 3.05) is 38.6 Å². The molecule has 1 saturated heterocycles. The third-order valence-electron chi connectivity index (χ3n) is 3.89. The number of morpholine rings is 1. The fourth-order valence-corrected chi connectivity index (χ4v) is 4.31. The molecular formula is C13H19N3O3S. The van der Waals surface area contributed by atoms with Gasteiger partial charge in [0.1, 0.15) is 0 Å². The average molecular weight is 297 g/mol. The zero-order valence-corrected chi connectivity index (χ0v) is 12.1. The number of nitrogens with two attached hydrogens (primary N) is 1. The van der Waals surface area contributed by atoms with Gasteiger partial charge in [0, 0.05) is 31.9 Å². The van der Waals surface area contributed by atoms with Gasteiger partial charge in [0.15, 0.2) is 0 Å². The highest BCUT2D eigenvalue weighted by Crippen LogP contribution is 2.26. The first kappa shape index (κ1) is 13.8. The van der Waals surface area contributed by atoms with Gasteiger partial charge in [-0.3, -0.25) is 0 Å². The summed E-state index contributed by atoms with van der Waals surface area (Å²) in [4.78, 5) is 0. The van der Waals surface area contributed by atoms with Crippen LogP contribution in [0.4, 0.5) is 5.69 Å². The second kappa shape index (κ2) is 5.33. The maximum absolute atomic E-state index is 12.6. The van der Waals surface area contributed by atoms with Crippen LogP contribution in [0.2, 0.25) is 0 Å². The van der Waals surface area contributed by atoms with Crippen molar-refractivity contribution in [3.63, 3.8) is 0 Å². The second-order valence-electron chi connectivity index (χ2n) is 5.09. The van der Waals surface area contributed by atoms with Gasteiger partial charge in [-0.25, -0.2) is 0 Å². The van der Waals surface area contributed by atoms with E-state index in [0.29, 0.717) is 45.8 Å². The number of nitrogen functional groups attached to an aromatic ring is 1. The maximum atomic E-state index is 12.6. The summed E-state index contributed by atoms with van der Waals surface area (Å²) in [6.07, 6.45) is 0.672. The van der Waals surface area contributed by atoms with Crippen molar-refractivity contribution in [3.05, 3.63) is 29.3 Å². The Bertz CT molecular complexity index is 597. The lowest BCUT2D eigenvalue weighted by atomic mass is 9.99. The lowest BCUT2D eigenvalue weighted by Gasteiger charge is -2.34. The van der Waals surface area contributed by atoms with Gasteiger partial charge in [-0.15, -0.1) is 0 Å². The predicted molar refractivity (Wildman–Crippen MR) is 76.3 cm³/mol. The van der Waals surface area contributed by atoms with E-state index in [9.17, 15) is 8.42 Å². The fourth-order valence-electron chi connectivity index (χ4n) is 2.75. The second-order valence-corrected chi connectivity index (χ2v) is 7.02. The van der Waals surface area contributed by atoms with Gasteiger partial charge in [-0.05, 0) is 23.6 Å². The smallest absolute Gasteiger partial charge is 0.282 e. The molecule has 0 spiro atoms. The highest BCUT2D eigenvalue weighted by Gasteiger charge is 2.33. The molecule has 0 saturated carbocycles. The molecule has 2 N–H and O–H groups in total. The van der Waals surface area contributed by atoms with Gasteiger partial charge in [0.2, 0.25) is 0 Å². The third kappa shape index (κ3) is 2.42. The monoisotopic (exact) mass is 297 g/mol. The fraction of sp³-hybridized carbons (Fsp3) is 0.538. The van der Waals surface area contributed by atoms with E-state index in [-0.39, 0.29) is 0 Å². The first-order chi connectivity index (χ1) is 9.59. The van der Waals surface area contributed by atoms with Crippen LogP contribution in [0.25, 0.3) is 0 Å². The molecule has 6 nitrogen and oxygen atoms in total. The van der Waals surface area contributed by atoms with E-state index < -0.39 is 10.2 Å². The molecule has 0 aliphatic carbocycles. The Hall–Kier alpha value is -1.15. The largest absolute Gasteiger partial charge is 0.398 e. The zero-order valence-electron chi connectivity index (χ0n) is 11.3. The van der Waals surface area contributed by atoms with Crippen molar-refractivity contribution in [2.45, 2.75) is 13.0 Å². The first-order valence-electron chi connectivity index (χ1n) is 6.78. The lowest BCUT2D eigenvalue weighted by Crippen LogP contribution is -2.49. The molecule has 1 fully saturated rings. The van der Waals surface area contributed by atoms with Gasteiger partial charge >= 0.3 is 0 Å². The molecular weight excluding hydrogens is 278 g/mol. The van der Waals surface area contributed by atoms with E-state index in [1.165, 1.54) is 4.31 Å². The molecule has 20 heavy (non-hydrogen) atoms. The topological polar surface area (TPSA) is 75.9 Å². The lowest BCUT2D eigenvalue weighted by molar-refractivity contribution is 0.0699. The number of hydrogen-bond donors (Lipinski definition) is 1. The molecule has 1 aromatic carbocycles. The Morgan fingerprint density at radius 2 is 1.85 bits per heavy atom. The van der Waals surface area contributed by atoms with Crippen molar-refractivity contribution in [3.8, 4) is 0 Å². The van der Waals surface area contributed by atoms with E-state index in [4.69, 9.17) is 10.5 Å².